The summed E-state index contributed by atoms with van der Waals surface area (Å²) >= 11 is 0. The Morgan fingerprint density at radius 1 is 0.521 bits per heavy atom. The van der Waals surface area contributed by atoms with Crippen LogP contribution in [0.3, 0.4) is 0 Å². The molecule has 0 aliphatic carbocycles. The number of hydrogen-bond donors (Lipinski definition) is 2. The van der Waals surface area contributed by atoms with Gasteiger partial charge in [0.25, 0.3) is 0 Å². The van der Waals surface area contributed by atoms with Gasteiger partial charge in [-0.1, -0.05) is 91.0 Å². The molecule has 0 amide bonds. The lowest BCUT2D eigenvalue weighted by Crippen LogP contribution is -1.95. The van der Waals surface area contributed by atoms with Gasteiger partial charge in [-0.05, 0) is 71.3 Å². The fourth-order valence-electron chi connectivity index (χ4n) is 6.35. The van der Waals surface area contributed by atoms with E-state index in [1.807, 2.05) is 66.8 Å². The molecule has 0 saturated carbocycles. The van der Waals surface area contributed by atoms with E-state index in [1.54, 1.807) is 6.08 Å². The van der Waals surface area contributed by atoms with Crippen molar-refractivity contribution in [3.8, 4) is 33.4 Å². The van der Waals surface area contributed by atoms with Crippen molar-refractivity contribution in [2.75, 3.05) is 7.11 Å². The highest BCUT2D eigenvalue weighted by molar-refractivity contribution is 5.99. The maximum atomic E-state index is 12.3. The van der Waals surface area contributed by atoms with E-state index >= 15 is 0 Å². The zero-order valence-corrected chi connectivity index (χ0v) is 26.1. The highest BCUT2D eigenvalue weighted by Gasteiger charge is 2.17. The standard InChI is InChI=1S/C42H30N4O2/c1-48-39(47)26-17-30-31-18-20-33(43-31)40(27-11-5-2-6-12-27)35-22-24-37(45-35)42(29-15-9-4-10-16-29)38-25-23-36(46-38)41(28-13-7-3-8-14-28)34-21-19-32(30)44-34/h2-26,45-46H,1H3/b26-17+,31-30?,32-30?,40-33?,40-35?,41-34?,41-36?,42-37?,42-38?. The van der Waals surface area contributed by atoms with Crippen molar-refractivity contribution in [3.05, 3.63) is 150 Å². The molecule has 0 fully saturated rings. The van der Waals surface area contributed by atoms with E-state index in [0.717, 1.165) is 66.8 Å². The van der Waals surface area contributed by atoms with Gasteiger partial charge in [-0.25, -0.2) is 14.8 Å². The van der Waals surface area contributed by atoms with Gasteiger partial charge in [0.2, 0.25) is 0 Å². The van der Waals surface area contributed by atoms with Crippen molar-refractivity contribution in [2.24, 2.45) is 0 Å². The first-order valence-corrected chi connectivity index (χ1v) is 15.7. The molecular weight excluding hydrogens is 592 g/mol. The van der Waals surface area contributed by atoms with Crippen molar-refractivity contribution in [1.82, 2.24) is 19.9 Å². The molecule has 8 bridgehead atoms. The normalized spacial score (nSPS) is 12.1. The predicted molar refractivity (Wildman–Crippen MR) is 196 cm³/mol. The van der Waals surface area contributed by atoms with Crippen LogP contribution in [-0.2, 0) is 9.53 Å². The third-order valence-electron chi connectivity index (χ3n) is 8.57. The van der Waals surface area contributed by atoms with Crippen LogP contribution in [0.1, 0.15) is 28.3 Å². The molecule has 0 atom stereocenters. The maximum absolute atomic E-state index is 12.3. The number of esters is 1. The number of H-pyrrole nitrogens is 2. The molecule has 3 aromatic heterocycles. The number of rotatable bonds is 5. The van der Waals surface area contributed by atoms with Crippen LogP contribution in [-0.4, -0.2) is 33.0 Å². The summed E-state index contributed by atoms with van der Waals surface area (Å²) in [6.07, 6.45) is 11.1. The average Bonchev–Trinajstić information content (AvgIpc) is 3.97. The summed E-state index contributed by atoms with van der Waals surface area (Å²) in [4.78, 5) is 30.1. The van der Waals surface area contributed by atoms with Crippen LogP contribution in [0.2, 0.25) is 0 Å². The molecule has 6 aromatic rings. The molecule has 2 N–H and O–H groups in total. The number of hydrogen-bond acceptors (Lipinski definition) is 4. The molecule has 48 heavy (non-hydrogen) atoms. The first-order chi connectivity index (χ1) is 23.7. The Morgan fingerprint density at radius 3 is 1.31 bits per heavy atom. The summed E-state index contributed by atoms with van der Waals surface area (Å²) in [6, 6.07) is 39.4. The highest BCUT2D eigenvalue weighted by Crippen LogP contribution is 2.36. The number of nitrogens with zero attached hydrogens (tertiary/aromatic N) is 2. The smallest absolute Gasteiger partial charge is 0.330 e. The molecule has 0 spiro atoms. The van der Waals surface area contributed by atoms with Gasteiger partial charge in [-0.15, -0.1) is 0 Å². The lowest BCUT2D eigenvalue weighted by Gasteiger charge is -2.06. The van der Waals surface area contributed by atoms with E-state index in [1.165, 1.54) is 13.2 Å². The van der Waals surface area contributed by atoms with Crippen LogP contribution in [0.5, 0.6) is 0 Å². The summed E-state index contributed by atoms with van der Waals surface area (Å²) in [5.41, 5.74) is 13.6. The second-order valence-electron chi connectivity index (χ2n) is 11.5. The first-order valence-electron chi connectivity index (χ1n) is 15.7. The number of carbonyl (C=O) groups excluding carboxylic acids is 1. The summed E-state index contributed by atoms with van der Waals surface area (Å²) in [5, 5.41) is 0. The minimum Gasteiger partial charge on any atom is -0.466 e. The third-order valence-corrected chi connectivity index (χ3v) is 8.57. The van der Waals surface area contributed by atoms with E-state index in [4.69, 9.17) is 14.7 Å². The Hall–Kier alpha value is -6.53. The lowest BCUT2D eigenvalue weighted by atomic mass is 10.0. The molecule has 5 heterocycles. The van der Waals surface area contributed by atoms with Crippen LogP contribution in [0.15, 0.2) is 121 Å². The Morgan fingerprint density at radius 2 is 0.896 bits per heavy atom. The number of nitrogens with one attached hydrogen (secondary N) is 2. The quantitative estimate of drug-likeness (QED) is 0.148. The van der Waals surface area contributed by atoms with Gasteiger partial charge in [0.05, 0.1) is 29.9 Å². The first kappa shape index (κ1) is 28.9. The molecule has 6 heteroatoms. The Labute approximate surface area is 277 Å². The maximum Gasteiger partial charge on any atom is 0.330 e. The minimum atomic E-state index is -0.454. The molecule has 230 valence electrons. The summed E-state index contributed by atoms with van der Waals surface area (Å²) in [6.45, 7) is 0. The minimum absolute atomic E-state index is 0.454. The molecule has 0 unspecified atom stereocenters. The van der Waals surface area contributed by atoms with Gasteiger partial charge in [0, 0.05) is 50.4 Å². The van der Waals surface area contributed by atoms with E-state index < -0.39 is 5.97 Å². The number of fused-ring (bicyclic) bond motifs is 8. The number of carbonyl (C=O) groups is 1. The molecule has 2 aliphatic heterocycles. The number of aromatic nitrogens is 4. The van der Waals surface area contributed by atoms with Gasteiger partial charge >= 0.3 is 5.97 Å². The van der Waals surface area contributed by atoms with E-state index in [-0.39, 0.29) is 0 Å². The van der Waals surface area contributed by atoms with Crippen molar-refractivity contribution >= 4 is 58.4 Å². The van der Waals surface area contributed by atoms with Crippen LogP contribution in [0.4, 0.5) is 0 Å². The molecule has 2 aliphatic rings. The zero-order chi connectivity index (χ0) is 32.5. The average molecular weight is 623 g/mol. The monoisotopic (exact) mass is 622 g/mol. The largest absolute Gasteiger partial charge is 0.466 e. The van der Waals surface area contributed by atoms with Crippen LogP contribution in [0, 0.1) is 0 Å². The molecule has 0 radical (unpaired) electrons. The van der Waals surface area contributed by atoms with Gasteiger partial charge < -0.3 is 14.7 Å². The van der Waals surface area contributed by atoms with Crippen molar-refractivity contribution in [3.63, 3.8) is 0 Å². The van der Waals surface area contributed by atoms with Crippen molar-refractivity contribution in [1.29, 1.82) is 0 Å². The van der Waals surface area contributed by atoms with E-state index in [9.17, 15) is 4.79 Å². The van der Waals surface area contributed by atoms with Gasteiger partial charge in [-0.2, -0.15) is 0 Å². The molecule has 3 aromatic carbocycles. The number of methoxy groups -OCH3 is 1. The lowest BCUT2D eigenvalue weighted by molar-refractivity contribution is -0.134. The van der Waals surface area contributed by atoms with Crippen LogP contribution < -0.4 is 0 Å². The van der Waals surface area contributed by atoms with Crippen LogP contribution >= 0.6 is 0 Å². The van der Waals surface area contributed by atoms with E-state index in [0.29, 0.717) is 17.0 Å². The Bertz CT molecular complexity index is 2300. The topological polar surface area (TPSA) is 83.7 Å². The van der Waals surface area contributed by atoms with E-state index in [2.05, 4.69) is 82.8 Å². The summed E-state index contributed by atoms with van der Waals surface area (Å²) in [7, 11) is 1.37. The van der Waals surface area contributed by atoms with Gasteiger partial charge in [0.1, 0.15) is 0 Å². The van der Waals surface area contributed by atoms with Crippen molar-refractivity contribution in [2.45, 2.75) is 0 Å². The molecular formula is C42H30N4O2. The predicted octanol–water partition coefficient (Wildman–Crippen LogP) is 9.84. The number of aromatic amines is 2. The molecule has 0 saturated heterocycles. The second kappa shape index (κ2) is 12.3. The molecule has 6 nitrogen and oxygen atoms in total. The highest BCUT2D eigenvalue weighted by atomic mass is 16.5. The Kier molecular flexibility index (Phi) is 7.43. The SMILES string of the molecule is COC(=O)/C=C/c1c2nc(c(-c3ccccc3)c3ccc([nH]3)c(-c3ccccc3)c3ccc([nH]3)c(-c3ccccc3)c3nc1C=C3)C=C2. The summed E-state index contributed by atoms with van der Waals surface area (Å²) in [5.74, 6) is -0.454. The van der Waals surface area contributed by atoms with Gasteiger partial charge in [0.15, 0.2) is 0 Å². The van der Waals surface area contributed by atoms with Crippen molar-refractivity contribution < 1.29 is 9.53 Å². The Balaban J connectivity index is 1.56. The fourth-order valence-corrected chi connectivity index (χ4v) is 6.35. The van der Waals surface area contributed by atoms with Crippen LogP contribution in [0.25, 0.3) is 85.8 Å². The zero-order valence-electron chi connectivity index (χ0n) is 26.1. The fraction of sp³-hybridized carbons (Fsp3) is 0.0238. The third kappa shape index (κ3) is 5.35. The second-order valence-corrected chi connectivity index (χ2v) is 11.5. The van der Waals surface area contributed by atoms with Gasteiger partial charge in [-0.3, -0.25) is 0 Å². The number of benzene rings is 3. The number of ether oxygens (including phenoxy) is 1. The summed E-state index contributed by atoms with van der Waals surface area (Å²) < 4.78 is 4.93. The molecule has 8 rings (SSSR count).